The highest BCUT2D eigenvalue weighted by molar-refractivity contribution is 5.94. The lowest BCUT2D eigenvalue weighted by molar-refractivity contribution is 0.0955. The lowest BCUT2D eigenvalue weighted by Gasteiger charge is -2.17. The SMILES string of the molecule is Cc1cccc(C(=O)NCCNc2cc(N3CCCC3)cnn2)c1. The van der Waals surface area contributed by atoms with Crippen LogP contribution in [0.2, 0.25) is 0 Å². The molecule has 0 radical (unpaired) electrons. The highest BCUT2D eigenvalue weighted by atomic mass is 16.1. The molecule has 0 aliphatic carbocycles. The van der Waals surface area contributed by atoms with Crippen molar-refractivity contribution in [1.29, 1.82) is 0 Å². The molecule has 6 nitrogen and oxygen atoms in total. The molecular formula is C18H23N5O. The molecule has 1 aromatic heterocycles. The molecule has 3 rings (SSSR count). The Hall–Kier alpha value is -2.63. The fourth-order valence-electron chi connectivity index (χ4n) is 2.85. The first-order chi connectivity index (χ1) is 11.7. The van der Waals surface area contributed by atoms with Crippen LogP contribution in [0.4, 0.5) is 11.5 Å². The van der Waals surface area contributed by atoms with Gasteiger partial charge in [0, 0.05) is 37.8 Å². The molecule has 0 saturated carbocycles. The van der Waals surface area contributed by atoms with Crippen molar-refractivity contribution in [3.8, 4) is 0 Å². The lowest BCUT2D eigenvalue weighted by Crippen LogP contribution is -2.29. The van der Waals surface area contributed by atoms with Gasteiger partial charge in [0.15, 0.2) is 5.82 Å². The topological polar surface area (TPSA) is 70.2 Å². The number of carbonyl (C=O) groups excluding carboxylic acids is 1. The number of nitrogens with one attached hydrogen (secondary N) is 2. The minimum Gasteiger partial charge on any atom is -0.370 e. The Morgan fingerprint density at radius 2 is 2.04 bits per heavy atom. The van der Waals surface area contributed by atoms with Crippen LogP contribution in [0.5, 0.6) is 0 Å². The smallest absolute Gasteiger partial charge is 0.251 e. The fraction of sp³-hybridized carbons (Fsp3) is 0.389. The molecule has 6 heteroatoms. The van der Waals surface area contributed by atoms with Gasteiger partial charge >= 0.3 is 0 Å². The largest absolute Gasteiger partial charge is 0.370 e. The second-order valence-electron chi connectivity index (χ2n) is 6.05. The second kappa shape index (κ2) is 7.77. The highest BCUT2D eigenvalue weighted by Gasteiger charge is 2.13. The van der Waals surface area contributed by atoms with Crippen LogP contribution < -0.4 is 15.5 Å². The molecule has 1 fully saturated rings. The molecule has 1 aliphatic heterocycles. The Kier molecular flexibility index (Phi) is 5.25. The van der Waals surface area contributed by atoms with E-state index in [1.807, 2.05) is 37.3 Å². The van der Waals surface area contributed by atoms with Gasteiger partial charge in [0.1, 0.15) is 0 Å². The number of anilines is 2. The molecule has 24 heavy (non-hydrogen) atoms. The van der Waals surface area contributed by atoms with Gasteiger partial charge in [-0.3, -0.25) is 4.79 Å². The van der Waals surface area contributed by atoms with Gasteiger partial charge in [-0.1, -0.05) is 17.7 Å². The van der Waals surface area contributed by atoms with Crippen molar-refractivity contribution >= 4 is 17.4 Å². The number of hydrogen-bond acceptors (Lipinski definition) is 5. The van der Waals surface area contributed by atoms with Gasteiger partial charge in [-0.2, -0.15) is 5.10 Å². The van der Waals surface area contributed by atoms with Gasteiger partial charge in [0.05, 0.1) is 11.9 Å². The van der Waals surface area contributed by atoms with Gasteiger partial charge in [0.2, 0.25) is 0 Å². The highest BCUT2D eigenvalue weighted by Crippen LogP contribution is 2.20. The van der Waals surface area contributed by atoms with E-state index in [1.165, 1.54) is 12.8 Å². The molecule has 0 spiro atoms. The third kappa shape index (κ3) is 4.22. The summed E-state index contributed by atoms with van der Waals surface area (Å²) in [5, 5.41) is 14.3. The summed E-state index contributed by atoms with van der Waals surface area (Å²) in [6.07, 6.45) is 4.27. The molecule has 0 bridgehead atoms. The zero-order valence-electron chi connectivity index (χ0n) is 14.0. The first-order valence-corrected chi connectivity index (χ1v) is 8.39. The molecule has 1 aromatic carbocycles. The van der Waals surface area contributed by atoms with E-state index in [9.17, 15) is 4.79 Å². The Labute approximate surface area is 142 Å². The minimum absolute atomic E-state index is 0.0580. The van der Waals surface area contributed by atoms with Crippen molar-refractivity contribution in [3.63, 3.8) is 0 Å². The number of amides is 1. The van der Waals surface area contributed by atoms with E-state index in [-0.39, 0.29) is 5.91 Å². The van der Waals surface area contributed by atoms with Crippen molar-refractivity contribution in [3.05, 3.63) is 47.7 Å². The molecule has 2 heterocycles. The molecule has 1 aliphatic rings. The average Bonchev–Trinajstić information content (AvgIpc) is 3.13. The van der Waals surface area contributed by atoms with E-state index in [2.05, 4.69) is 25.7 Å². The molecule has 1 saturated heterocycles. The normalized spacial score (nSPS) is 13.8. The van der Waals surface area contributed by atoms with Crippen LogP contribution >= 0.6 is 0 Å². The number of rotatable bonds is 6. The number of aryl methyl sites for hydroxylation is 1. The standard InChI is InChI=1S/C18H23N5O/c1-14-5-4-6-15(11-14)18(24)20-8-7-19-17-12-16(13-21-22-17)23-9-2-3-10-23/h4-6,11-13H,2-3,7-10H2,1H3,(H,19,22)(H,20,24). The van der Waals surface area contributed by atoms with Crippen molar-refractivity contribution in [2.24, 2.45) is 0 Å². The van der Waals surface area contributed by atoms with E-state index in [0.29, 0.717) is 18.7 Å². The van der Waals surface area contributed by atoms with E-state index >= 15 is 0 Å². The third-order valence-electron chi connectivity index (χ3n) is 4.11. The molecule has 2 aromatic rings. The molecule has 0 atom stereocenters. The van der Waals surface area contributed by atoms with Crippen LogP contribution in [0.15, 0.2) is 36.5 Å². The Morgan fingerprint density at radius 3 is 2.83 bits per heavy atom. The van der Waals surface area contributed by atoms with E-state index in [1.54, 1.807) is 6.20 Å². The molecule has 126 valence electrons. The van der Waals surface area contributed by atoms with Gasteiger partial charge in [-0.05, 0) is 31.9 Å². The van der Waals surface area contributed by atoms with E-state index < -0.39 is 0 Å². The Morgan fingerprint density at radius 1 is 1.21 bits per heavy atom. The van der Waals surface area contributed by atoms with Crippen molar-refractivity contribution in [2.75, 3.05) is 36.4 Å². The third-order valence-corrected chi connectivity index (χ3v) is 4.11. The van der Waals surface area contributed by atoms with Crippen LogP contribution in [0.1, 0.15) is 28.8 Å². The molecule has 1 amide bonds. The first kappa shape index (κ1) is 16.2. The van der Waals surface area contributed by atoms with Gasteiger partial charge < -0.3 is 15.5 Å². The number of hydrogen-bond donors (Lipinski definition) is 2. The summed E-state index contributed by atoms with van der Waals surface area (Å²) < 4.78 is 0. The quantitative estimate of drug-likeness (QED) is 0.797. The summed E-state index contributed by atoms with van der Waals surface area (Å²) in [7, 11) is 0. The predicted octanol–water partition coefficient (Wildman–Crippen LogP) is 2.23. The summed E-state index contributed by atoms with van der Waals surface area (Å²) in [6.45, 7) is 5.28. The number of benzene rings is 1. The van der Waals surface area contributed by atoms with Gasteiger partial charge in [-0.25, -0.2) is 0 Å². The number of carbonyl (C=O) groups is 1. The first-order valence-electron chi connectivity index (χ1n) is 8.39. The van der Waals surface area contributed by atoms with Gasteiger partial charge in [-0.15, -0.1) is 5.10 Å². The maximum absolute atomic E-state index is 12.1. The van der Waals surface area contributed by atoms with Crippen molar-refractivity contribution in [2.45, 2.75) is 19.8 Å². The summed E-state index contributed by atoms with van der Waals surface area (Å²) in [5.74, 6) is 0.682. The summed E-state index contributed by atoms with van der Waals surface area (Å²) >= 11 is 0. The maximum atomic E-state index is 12.1. The lowest BCUT2D eigenvalue weighted by atomic mass is 10.1. The summed E-state index contributed by atoms with van der Waals surface area (Å²) in [4.78, 5) is 14.4. The van der Waals surface area contributed by atoms with Crippen LogP contribution in [0.25, 0.3) is 0 Å². The van der Waals surface area contributed by atoms with E-state index in [4.69, 9.17) is 0 Å². The predicted molar refractivity (Wildman–Crippen MR) is 95.5 cm³/mol. The number of nitrogens with zero attached hydrogens (tertiary/aromatic N) is 3. The average molecular weight is 325 g/mol. The Bertz CT molecular complexity index is 697. The van der Waals surface area contributed by atoms with Crippen molar-refractivity contribution in [1.82, 2.24) is 15.5 Å². The zero-order valence-corrected chi connectivity index (χ0v) is 14.0. The molecule has 2 N–H and O–H groups in total. The molecular weight excluding hydrogens is 302 g/mol. The Balaban J connectivity index is 1.46. The summed E-state index contributed by atoms with van der Waals surface area (Å²) in [6, 6.07) is 9.58. The minimum atomic E-state index is -0.0580. The number of aromatic nitrogens is 2. The zero-order chi connectivity index (χ0) is 16.8. The van der Waals surface area contributed by atoms with Crippen LogP contribution in [-0.2, 0) is 0 Å². The maximum Gasteiger partial charge on any atom is 0.251 e. The molecule has 0 unspecified atom stereocenters. The van der Waals surface area contributed by atoms with Gasteiger partial charge in [0.25, 0.3) is 5.91 Å². The van der Waals surface area contributed by atoms with Crippen molar-refractivity contribution < 1.29 is 4.79 Å². The summed E-state index contributed by atoms with van der Waals surface area (Å²) in [5.41, 5.74) is 2.87. The van der Waals surface area contributed by atoms with Crippen LogP contribution in [0.3, 0.4) is 0 Å². The van der Waals surface area contributed by atoms with Crippen LogP contribution in [-0.4, -0.2) is 42.3 Å². The van der Waals surface area contributed by atoms with Crippen LogP contribution in [0, 0.1) is 6.92 Å². The second-order valence-corrected chi connectivity index (χ2v) is 6.05. The van der Waals surface area contributed by atoms with E-state index in [0.717, 1.165) is 30.2 Å². The monoisotopic (exact) mass is 325 g/mol. The fourth-order valence-corrected chi connectivity index (χ4v) is 2.85.